The number of halogens is 4. The zero-order chi connectivity index (χ0) is 28.4. The molecule has 0 fully saturated rings. The van der Waals surface area contributed by atoms with Crippen molar-refractivity contribution in [3.05, 3.63) is 95.5 Å². The molecule has 0 aliphatic carbocycles. The Bertz CT molecular complexity index is 1570. The molecule has 3 aromatic carbocycles. The summed E-state index contributed by atoms with van der Waals surface area (Å²) < 4.78 is 73.7. The largest absolute Gasteiger partial charge is 0.491 e. The summed E-state index contributed by atoms with van der Waals surface area (Å²) in [4.78, 5) is 4.56. The maximum atomic E-state index is 13.2. The number of sulfonamides is 1. The molecule has 0 aliphatic rings. The van der Waals surface area contributed by atoms with Crippen molar-refractivity contribution in [2.75, 3.05) is 11.3 Å². The van der Waals surface area contributed by atoms with Crippen LogP contribution in [-0.4, -0.2) is 20.0 Å². The van der Waals surface area contributed by atoms with E-state index in [0.29, 0.717) is 34.1 Å². The standard InChI is InChI=1S/C29H26ClF3N2O3S/c1-28(2,3)18-38-25-17-20(11-15-24(25)30)23-14-16-26(35-39(36,37)22-7-5-4-6-8-22)34-27(23)19-9-12-21(13-10-19)29(31,32)33/h4-17H,18H2,1-3H3,(H,34,35). The average Bonchev–Trinajstić information content (AvgIpc) is 2.88. The number of alkyl halides is 3. The smallest absolute Gasteiger partial charge is 0.416 e. The van der Waals surface area contributed by atoms with Gasteiger partial charge >= 0.3 is 6.18 Å². The van der Waals surface area contributed by atoms with E-state index in [1.54, 1.807) is 42.5 Å². The summed E-state index contributed by atoms with van der Waals surface area (Å²) >= 11 is 6.36. The van der Waals surface area contributed by atoms with Crippen molar-refractivity contribution in [2.24, 2.45) is 5.41 Å². The van der Waals surface area contributed by atoms with E-state index in [1.165, 1.54) is 30.3 Å². The van der Waals surface area contributed by atoms with Gasteiger partial charge in [-0.2, -0.15) is 13.2 Å². The normalized spacial score (nSPS) is 12.3. The van der Waals surface area contributed by atoms with Crippen molar-refractivity contribution in [1.29, 1.82) is 0 Å². The minimum Gasteiger partial charge on any atom is -0.491 e. The Morgan fingerprint density at radius 1 is 0.872 bits per heavy atom. The van der Waals surface area contributed by atoms with Gasteiger partial charge in [0.15, 0.2) is 0 Å². The Labute approximate surface area is 230 Å². The van der Waals surface area contributed by atoms with E-state index in [2.05, 4.69) is 9.71 Å². The van der Waals surface area contributed by atoms with Crippen LogP contribution in [-0.2, 0) is 16.2 Å². The first kappa shape index (κ1) is 28.4. The third-order valence-corrected chi connectivity index (χ3v) is 7.26. The molecule has 0 bridgehead atoms. The van der Waals surface area contributed by atoms with Gasteiger partial charge in [0.05, 0.1) is 27.8 Å². The van der Waals surface area contributed by atoms with Crippen LogP contribution < -0.4 is 9.46 Å². The Balaban J connectivity index is 1.80. The number of benzene rings is 3. The van der Waals surface area contributed by atoms with Crippen LogP contribution in [0, 0.1) is 5.41 Å². The predicted octanol–water partition coefficient (Wildman–Crippen LogP) is 8.31. The number of aromatic nitrogens is 1. The summed E-state index contributed by atoms with van der Waals surface area (Å²) in [5, 5.41) is 0.402. The third-order valence-electron chi connectivity index (χ3n) is 5.58. The predicted molar refractivity (Wildman–Crippen MR) is 147 cm³/mol. The molecule has 0 unspecified atom stereocenters. The Morgan fingerprint density at radius 3 is 2.13 bits per heavy atom. The molecule has 0 spiro atoms. The number of nitrogens with zero attached hydrogens (tertiary/aromatic N) is 1. The van der Waals surface area contributed by atoms with E-state index >= 15 is 0 Å². The highest BCUT2D eigenvalue weighted by molar-refractivity contribution is 7.92. The minimum atomic E-state index is -4.50. The van der Waals surface area contributed by atoms with Gasteiger partial charge in [-0.05, 0) is 59.5 Å². The second kappa shape index (κ2) is 10.9. The van der Waals surface area contributed by atoms with Gasteiger partial charge < -0.3 is 4.74 Å². The summed E-state index contributed by atoms with van der Waals surface area (Å²) in [7, 11) is -3.95. The first-order valence-electron chi connectivity index (χ1n) is 11.9. The summed E-state index contributed by atoms with van der Waals surface area (Å²) in [6, 6.07) is 20.6. The van der Waals surface area contributed by atoms with Crippen molar-refractivity contribution in [3.8, 4) is 28.1 Å². The van der Waals surface area contributed by atoms with Crippen LogP contribution in [0.25, 0.3) is 22.4 Å². The van der Waals surface area contributed by atoms with Crippen LogP contribution >= 0.6 is 11.6 Å². The van der Waals surface area contributed by atoms with E-state index in [0.717, 1.165) is 12.1 Å². The number of hydrogen-bond acceptors (Lipinski definition) is 4. The van der Waals surface area contributed by atoms with Crippen LogP contribution in [0.5, 0.6) is 5.75 Å². The van der Waals surface area contributed by atoms with Crippen LogP contribution in [0.3, 0.4) is 0 Å². The van der Waals surface area contributed by atoms with Crippen molar-refractivity contribution < 1.29 is 26.3 Å². The van der Waals surface area contributed by atoms with E-state index in [1.807, 2.05) is 20.8 Å². The van der Waals surface area contributed by atoms with Crippen LogP contribution in [0.15, 0.2) is 89.8 Å². The lowest BCUT2D eigenvalue weighted by Crippen LogP contribution is -2.17. The fourth-order valence-electron chi connectivity index (χ4n) is 3.66. The van der Waals surface area contributed by atoms with Gasteiger partial charge in [-0.25, -0.2) is 13.4 Å². The highest BCUT2D eigenvalue weighted by atomic mass is 35.5. The molecule has 4 rings (SSSR count). The molecule has 1 heterocycles. The molecule has 1 N–H and O–H groups in total. The summed E-state index contributed by atoms with van der Waals surface area (Å²) in [6.45, 7) is 6.46. The average molecular weight is 575 g/mol. The summed E-state index contributed by atoms with van der Waals surface area (Å²) in [6.07, 6.45) is -4.50. The Kier molecular flexibility index (Phi) is 7.95. The van der Waals surface area contributed by atoms with Crippen molar-refractivity contribution in [2.45, 2.75) is 31.8 Å². The Morgan fingerprint density at radius 2 is 1.51 bits per heavy atom. The fourth-order valence-corrected chi connectivity index (χ4v) is 4.85. The molecular formula is C29H26ClF3N2O3S. The molecule has 0 saturated heterocycles. The van der Waals surface area contributed by atoms with E-state index < -0.39 is 21.8 Å². The molecule has 0 saturated carbocycles. The molecule has 0 radical (unpaired) electrons. The first-order chi connectivity index (χ1) is 18.2. The zero-order valence-electron chi connectivity index (χ0n) is 21.4. The van der Waals surface area contributed by atoms with E-state index in [4.69, 9.17) is 16.3 Å². The fraction of sp³-hybridized carbons (Fsp3) is 0.207. The maximum Gasteiger partial charge on any atom is 0.416 e. The number of rotatable bonds is 7. The van der Waals surface area contributed by atoms with Gasteiger partial charge in [0, 0.05) is 11.1 Å². The summed E-state index contributed by atoms with van der Waals surface area (Å²) in [5.74, 6) is 0.451. The Hall–Kier alpha value is -3.56. The molecule has 0 amide bonds. The summed E-state index contributed by atoms with van der Waals surface area (Å²) in [5.41, 5.74) is 0.909. The number of anilines is 1. The van der Waals surface area contributed by atoms with Gasteiger partial charge in [0.2, 0.25) is 0 Å². The van der Waals surface area contributed by atoms with Crippen molar-refractivity contribution >= 4 is 27.4 Å². The minimum absolute atomic E-state index is 0.00988. The molecular weight excluding hydrogens is 549 g/mol. The van der Waals surface area contributed by atoms with Gasteiger partial charge in [-0.3, -0.25) is 4.72 Å². The lowest BCUT2D eigenvalue weighted by Gasteiger charge is -2.20. The quantitative estimate of drug-likeness (QED) is 0.241. The molecule has 0 aliphatic heterocycles. The molecule has 0 atom stereocenters. The highest BCUT2D eigenvalue weighted by Crippen LogP contribution is 2.38. The number of pyridine rings is 1. The number of ether oxygens (including phenoxy) is 1. The van der Waals surface area contributed by atoms with Crippen LogP contribution in [0.4, 0.5) is 19.0 Å². The van der Waals surface area contributed by atoms with E-state index in [-0.39, 0.29) is 21.8 Å². The topological polar surface area (TPSA) is 68.3 Å². The monoisotopic (exact) mass is 574 g/mol. The van der Waals surface area contributed by atoms with Gasteiger partial charge in [0.25, 0.3) is 10.0 Å². The van der Waals surface area contributed by atoms with Crippen molar-refractivity contribution in [1.82, 2.24) is 4.98 Å². The molecule has 1 aromatic heterocycles. The second-order valence-electron chi connectivity index (χ2n) is 10.1. The molecule has 5 nitrogen and oxygen atoms in total. The maximum absolute atomic E-state index is 13.2. The molecule has 10 heteroatoms. The van der Waals surface area contributed by atoms with Gasteiger partial charge in [-0.15, -0.1) is 0 Å². The number of hydrogen-bond donors (Lipinski definition) is 1. The van der Waals surface area contributed by atoms with Gasteiger partial charge in [-0.1, -0.05) is 68.8 Å². The SMILES string of the molecule is CC(C)(C)COc1cc(-c2ccc(NS(=O)(=O)c3ccccc3)nc2-c2ccc(C(F)(F)F)cc2)ccc1Cl. The lowest BCUT2D eigenvalue weighted by molar-refractivity contribution is -0.137. The van der Waals surface area contributed by atoms with Crippen LogP contribution in [0.2, 0.25) is 5.02 Å². The van der Waals surface area contributed by atoms with E-state index in [9.17, 15) is 21.6 Å². The highest BCUT2D eigenvalue weighted by Gasteiger charge is 2.30. The number of nitrogens with one attached hydrogen (secondary N) is 1. The molecule has 39 heavy (non-hydrogen) atoms. The van der Waals surface area contributed by atoms with Gasteiger partial charge in [0.1, 0.15) is 11.6 Å². The zero-order valence-corrected chi connectivity index (χ0v) is 23.0. The molecule has 4 aromatic rings. The third kappa shape index (κ3) is 7.10. The van der Waals surface area contributed by atoms with Crippen molar-refractivity contribution in [3.63, 3.8) is 0 Å². The van der Waals surface area contributed by atoms with Crippen LogP contribution in [0.1, 0.15) is 26.3 Å². The first-order valence-corrected chi connectivity index (χ1v) is 13.8. The molecule has 204 valence electrons. The second-order valence-corrected chi connectivity index (χ2v) is 12.2. The lowest BCUT2D eigenvalue weighted by atomic mass is 9.97.